The van der Waals surface area contributed by atoms with Crippen molar-refractivity contribution in [3.63, 3.8) is 0 Å². The summed E-state index contributed by atoms with van der Waals surface area (Å²) in [5.74, 6) is 2.55. The van der Waals surface area contributed by atoms with Crippen molar-refractivity contribution in [1.82, 2.24) is 5.32 Å². The standard InChI is InChI=1S/C16H31NO/c1-11(2)13-9-8-12(3)10-15(13)17-14-6-5-7-16(14)18-4/h11-17H,5-10H2,1-4H3. The molecule has 0 amide bonds. The number of hydrogen-bond acceptors (Lipinski definition) is 2. The van der Waals surface area contributed by atoms with Crippen LogP contribution < -0.4 is 5.32 Å². The van der Waals surface area contributed by atoms with Crippen LogP contribution in [0.25, 0.3) is 0 Å². The van der Waals surface area contributed by atoms with Crippen LogP contribution in [0.2, 0.25) is 0 Å². The second-order valence-corrected chi connectivity index (χ2v) is 6.91. The van der Waals surface area contributed by atoms with E-state index in [1.165, 1.54) is 38.5 Å². The van der Waals surface area contributed by atoms with Gasteiger partial charge in [-0.2, -0.15) is 0 Å². The Balaban J connectivity index is 1.95. The van der Waals surface area contributed by atoms with Gasteiger partial charge in [0, 0.05) is 19.2 Å². The number of hydrogen-bond donors (Lipinski definition) is 1. The first kappa shape index (κ1) is 14.3. The topological polar surface area (TPSA) is 21.3 Å². The lowest BCUT2D eigenvalue weighted by molar-refractivity contribution is 0.0666. The van der Waals surface area contributed by atoms with Crippen molar-refractivity contribution in [3.05, 3.63) is 0 Å². The fourth-order valence-electron chi connectivity index (χ4n) is 4.07. The molecule has 2 saturated carbocycles. The monoisotopic (exact) mass is 253 g/mol. The van der Waals surface area contributed by atoms with E-state index in [0.29, 0.717) is 12.1 Å². The molecule has 0 aromatic rings. The highest BCUT2D eigenvalue weighted by Gasteiger charge is 2.35. The smallest absolute Gasteiger partial charge is 0.0724 e. The Morgan fingerprint density at radius 3 is 2.50 bits per heavy atom. The zero-order valence-corrected chi connectivity index (χ0v) is 12.6. The molecule has 0 spiro atoms. The normalized spacial score (nSPS) is 41.5. The molecule has 0 radical (unpaired) electrons. The first-order valence-corrected chi connectivity index (χ1v) is 7.90. The van der Waals surface area contributed by atoms with Crippen LogP contribution in [-0.2, 0) is 4.74 Å². The molecule has 5 atom stereocenters. The lowest BCUT2D eigenvalue weighted by Gasteiger charge is -2.40. The molecule has 2 fully saturated rings. The molecule has 2 aliphatic rings. The molecule has 2 rings (SSSR count). The summed E-state index contributed by atoms with van der Waals surface area (Å²) in [7, 11) is 1.87. The number of rotatable bonds is 4. The maximum atomic E-state index is 5.63. The number of methoxy groups -OCH3 is 1. The van der Waals surface area contributed by atoms with E-state index in [9.17, 15) is 0 Å². The second-order valence-electron chi connectivity index (χ2n) is 6.91. The molecule has 0 aromatic carbocycles. The summed E-state index contributed by atoms with van der Waals surface area (Å²) in [4.78, 5) is 0. The van der Waals surface area contributed by atoms with Crippen LogP contribution in [0.15, 0.2) is 0 Å². The van der Waals surface area contributed by atoms with Crippen LogP contribution >= 0.6 is 0 Å². The molecule has 0 saturated heterocycles. The summed E-state index contributed by atoms with van der Waals surface area (Å²) in [5.41, 5.74) is 0. The van der Waals surface area contributed by atoms with Gasteiger partial charge in [0.25, 0.3) is 0 Å². The Labute approximate surface area is 113 Å². The van der Waals surface area contributed by atoms with E-state index in [2.05, 4.69) is 26.1 Å². The molecule has 106 valence electrons. The Morgan fingerprint density at radius 1 is 1.06 bits per heavy atom. The highest BCUT2D eigenvalue weighted by molar-refractivity contribution is 4.92. The molecule has 2 heteroatoms. The van der Waals surface area contributed by atoms with Gasteiger partial charge in [-0.05, 0) is 49.9 Å². The predicted octanol–water partition coefficient (Wildman–Crippen LogP) is 3.60. The van der Waals surface area contributed by atoms with Crippen molar-refractivity contribution in [1.29, 1.82) is 0 Å². The maximum Gasteiger partial charge on any atom is 0.0724 e. The molecular formula is C16H31NO. The third-order valence-electron chi connectivity index (χ3n) is 5.21. The van der Waals surface area contributed by atoms with E-state index in [1.807, 2.05) is 7.11 Å². The van der Waals surface area contributed by atoms with E-state index >= 15 is 0 Å². The van der Waals surface area contributed by atoms with E-state index in [-0.39, 0.29) is 0 Å². The maximum absolute atomic E-state index is 5.63. The minimum Gasteiger partial charge on any atom is -0.380 e. The Hall–Kier alpha value is -0.0800. The zero-order chi connectivity index (χ0) is 13.1. The van der Waals surface area contributed by atoms with Gasteiger partial charge in [-0.3, -0.25) is 0 Å². The zero-order valence-electron chi connectivity index (χ0n) is 12.6. The van der Waals surface area contributed by atoms with E-state index in [1.54, 1.807) is 0 Å². The molecule has 18 heavy (non-hydrogen) atoms. The van der Waals surface area contributed by atoms with Crippen LogP contribution in [-0.4, -0.2) is 25.3 Å². The summed E-state index contributed by atoms with van der Waals surface area (Å²) in [6, 6.07) is 1.32. The predicted molar refractivity (Wildman–Crippen MR) is 76.7 cm³/mol. The average molecular weight is 253 g/mol. The Morgan fingerprint density at radius 2 is 1.83 bits per heavy atom. The van der Waals surface area contributed by atoms with Gasteiger partial charge in [0.2, 0.25) is 0 Å². The van der Waals surface area contributed by atoms with Gasteiger partial charge < -0.3 is 10.1 Å². The minimum atomic E-state index is 0.454. The summed E-state index contributed by atoms with van der Waals surface area (Å²) in [6.45, 7) is 7.18. The lowest BCUT2D eigenvalue weighted by Crippen LogP contribution is -2.50. The van der Waals surface area contributed by atoms with Crippen LogP contribution in [0.5, 0.6) is 0 Å². The molecule has 0 aliphatic heterocycles. The van der Waals surface area contributed by atoms with Crippen molar-refractivity contribution >= 4 is 0 Å². The molecule has 5 unspecified atom stereocenters. The van der Waals surface area contributed by atoms with Crippen molar-refractivity contribution in [2.24, 2.45) is 17.8 Å². The third kappa shape index (κ3) is 3.27. The van der Waals surface area contributed by atoms with Crippen LogP contribution in [0.3, 0.4) is 0 Å². The SMILES string of the molecule is COC1CCCC1NC1CC(C)CCC1C(C)C. The third-order valence-corrected chi connectivity index (χ3v) is 5.21. The molecule has 0 bridgehead atoms. The Kier molecular flexibility index (Phi) is 5.08. The van der Waals surface area contributed by atoms with E-state index in [0.717, 1.165) is 23.8 Å². The summed E-state index contributed by atoms with van der Waals surface area (Å²) >= 11 is 0. The highest BCUT2D eigenvalue weighted by atomic mass is 16.5. The van der Waals surface area contributed by atoms with Gasteiger partial charge in [-0.1, -0.05) is 27.2 Å². The van der Waals surface area contributed by atoms with Gasteiger partial charge in [0.1, 0.15) is 0 Å². The highest BCUT2D eigenvalue weighted by Crippen LogP contribution is 2.35. The number of nitrogens with one attached hydrogen (secondary N) is 1. The van der Waals surface area contributed by atoms with Crippen molar-refractivity contribution < 1.29 is 4.74 Å². The molecule has 1 N–H and O–H groups in total. The van der Waals surface area contributed by atoms with Gasteiger partial charge in [-0.25, -0.2) is 0 Å². The van der Waals surface area contributed by atoms with Crippen LogP contribution in [0.1, 0.15) is 59.3 Å². The molecular weight excluding hydrogens is 222 g/mol. The quantitative estimate of drug-likeness (QED) is 0.826. The van der Waals surface area contributed by atoms with Gasteiger partial charge in [0.05, 0.1) is 6.10 Å². The Bertz CT molecular complexity index is 253. The van der Waals surface area contributed by atoms with Crippen molar-refractivity contribution in [2.75, 3.05) is 7.11 Å². The van der Waals surface area contributed by atoms with Crippen molar-refractivity contribution in [2.45, 2.75) is 77.5 Å². The largest absolute Gasteiger partial charge is 0.380 e. The van der Waals surface area contributed by atoms with E-state index in [4.69, 9.17) is 4.74 Å². The van der Waals surface area contributed by atoms with Gasteiger partial charge in [0.15, 0.2) is 0 Å². The molecule has 0 heterocycles. The molecule has 2 aliphatic carbocycles. The summed E-state index contributed by atoms with van der Waals surface area (Å²) in [5, 5.41) is 3.96. The molecule has 2 nitrogen and oxygen atoms in total. The van der Waals surface area contributed by atoms with Gasteiger partial charge >= 0.3 is 0 Å². The summed E-state index contributed by atoms with van der Waals surface area (Å²) in [6.07, 6.45) is 8.49. The van der Waals surface area contributed by atoms with Crippen LogP contribution in [0.4, 0.5) is 0 Å². The molecule has 0 aromatic heterocycles. The van der Waals surface area contributed by atoms with Crippen molar-refractivity contribution in [3.8, 4) is 0 Å². The fourth-order valence-corrected chi connectivity index (χ4v) is 4.07. The van der Waals surface area contributed by atoms with Gasteiger partial charge in [-0.15, -0.1) is 0 Å². The van der Waals surface area contributed by atoms with Crippen LogP contribution in [0, 0.1) is 17.8 Å². The van der Waals surface area contributed by atoms with E-state index < -0.39 is 0 Å². The second kappa shape index (κ2) is 6.38. The first-order chi connectivity index (χ1) is 8.61. The average Bonchev–Trinajstić information content (AvgIpc) is 2.76. The first-order valence-electron chi connectivity index (χ1n) is 7.90. The fraction of sp³-hybridized carbons (Fsp3) is 1.00. The lowest BCUT2D eigenvalue weighted by atomic mass is 9.73. The summed E-state index contributed by atoms with van der Waals surface area (Å²) < 4.78 is 5.63. The minimum absolute atomic E-state index is 0.454. The number of ether oxygens (including phenoxy) is 1.